The van der Waals surface area contributed by atoms with E-state index in [2.05, 4.69) is 131 Å². The van der Waals surface area contributed by atoms with E-state index in [1.165, 1.54) is 27.6 Å². The van der Waals surface area contributed by atoms with Crippen LogP contribution in [0, 0.1) is 0 Å². The molecule has 2 heteroatoms. The van der Waals surface area contributed by atoms with Gasteiger partial charge in [0.05, 0.1) is 11.0 Å². The molecule has 0 bridgehead atoms. The standard InChI is InChI=1S/C31H32N2/c1-30(2,3)23-18-24(31(4,5)6)20-25(19-23)33-28-26-15-11-10-12-21(26)16-17-27(28)32-29(33)22-13-8-7-9-14-22/h7-20H,1-6H3. The summed E-state index contributed by atoms with van der Waals surface area (Å²) in [7, 11) is 0. The average molecular weight is 433 g/mol. The summed E-state index contributed by atoms with van der Waals surface area (Å²) in [5, 5.41) is 2.46. The SMILES string of the molecule is CC(C)(C)c1cc(-n2c(-c3ccccc3)nc3ccc4ccccc4c32)cc(C(C)(C)C)c1. The molecule has 0 aliphatic heterocycles. The highest BCUT2D eigenvalue weighted by Gasteiger charge is 2.23. The lowest BCUT2D eigenvalue weighted by molar-refractivity contribution is 0.568. The third-order valence-electron chi connectivity index (χ3n) is 6.48. The molecule has 166 valence electrons. The lowest BCUT2D eigenvalue weighted by atomic mass is 9.80. The van der Waals surface area contributed by atoms with Gasteiger partial charge in [0.25, 0.3) is 0 Å². The Morgan fingerprint density at radius 2 is 1.24 bits per heavy atom. The first-order valence-electron chi connectivity index (χ1n) is 11.7. The summed E-state index contributed by atoms with van der Waals surface area (Å²) >= 11 is 0. The fraction of sp³-hybridized carbons (Fsp3) is 0.258. The highest BCUT2D eigenvalue weighted by Crippen LogP contribution is 2.37. The predicted octanol–water partition coefficient (Wildman–Crippen LogP) is 8.44. The first-order valence-corrected chi connectivity index (χ1v) is 11.7. The minimum Gasteiger partial charge on any atom is -0.292 e. The van der Waals surface area contributed by atoms with Crippen LogP contribution >= 0.6 is 0 Å². The first-order chi connectivity index (χ1) is 15.6. The lowest BCUT2D eigenvalue weighted by Crippen LogP contribution is -2.17. The number of benzene rings is 4. The van der Waals surface area contributed by atoms with Crippen molar-refractivity contribution in [1.82, 2.24) is 9.55 Å². The number of imidazole rings is 1. The number of aromatic nitrogens is 2. The Morgan fingerprint density at radius 3 is 1.88 bits per heavy atom. The molecule has 33 heavy (non-hydrogen) atoms. The zero-order valence-corrected chi connectivity index (χ0v) is 20.5. The molecule has 0 amide bonds. The Hall–Kier alpha value is -3.39. The number of rotatable bonds is 2. The topological polar surface area (TPSA) is 17.8 Å². The molecule has 0 unspecified atom stereocenters. The van der Waals surface area contributed by atoms with E-state index < -0.39 is 0 Å². The summed E-state index contributed by atoms with van der Waals surface area (Å²) in [5.74, 6) is 0.980. The maximum atomic E-state index is 5.16. The quantitative estimate of drug-likeness (QED) is 0.274. The third-order valence-corrected chi connectivity index (χ3v) is 6.48. The van der Waals surface area contributed by atoms with Crippen molar-refractivity contribution >= 4 is 21.8 Å². The number of hydrogen-bond acceptors (Lipinski definition) is 1. The average Bonchev–Trinajstić information content (AvgIpc) is 3.18. The smallest absolute Gasteiger partial charge is 0.145 e. The fourth-order valence-corrected chi connectivity index (χ4v) is 4.48. The van der Waals surface area contributed by atoms with Crippen molar-refractivity contribution in [1.29, 1.82) is 0 Å². The molecule has 0 N–H and O–H groups in total. The molecular formula is C31H32N2. The van der Waals surface area contributed by atoms with Crippen molar-refractivity contribution in [3.63, 3.8) is 0 Å². The minimum atomic E-state index is 0.0430. The molecule has 5 rings (SSSR count). The van der Waals surface area contributed by atoms with Crippen molar-refractivity contribution < 1.29 is 0 Å². The highest BCUT2D eigenvalue weighted by atomic mass is 15.1. The van der Waals surface area contributed by atoms with Gasteiger partial charge in [0, 0.05) is 16.6 Å². The van der Waals surface area contributed by atoms with Crippen LogP contribution in [0.15, 0.2) is 84.9 Å². The molecule has 5 aromatic rings. The van der Waals surface area contributed by atoms with Gasteiger partial charge in [0.1, 0.15) is 5.82 Å². The van der Waals surface area contributed by atoms with Gasteiger partial charge in [0.15, 0.2) is 0 Å². The van der Waals surface area contributed by atoms with E-state index in [0.717, 1.165) is 22.4 Å². The first kappa shape index (κ1) is 21.5. The molecule has 0 atom stereocenters. The zero-order chi connectivity index (χ0) is 23.4. The van der Waals surface area contributed by atoms with Crippen LogP contribution in [0.25, 0.3) is 38.9 Å². The largest absolute Gasteiger partial charge is 0.292 e. The molecule has 1 heterocycles. The van der Waals surface area contributed by atoms with Gasteiger partial charge in [-0.3, -0.25) is 4.57 Å². The molecule has 0 radical (unpaired) electrons. The Kier molecular flexibility index (Phi) is 4.93. The Balaban J connectivity index is 1.94. The van der Waals surface area contributed by atoms with Crippen LogP contribution in [0.1, 0.15) is 52.7 Å². The van der Waals surface area contributed by atoms with Crippen LogP contribution in [0.2, 0.25) is 0 Å². The van der Waals surface area contributed by atoms with Crippen LogP contribution < -0.4 is 0 Å². The van der Waals surface area contributed by atoms with Crippen molar-refractivity contribution in [2.75, 3.05) is 0 Å². The Bertz CT molecular complexity index is 1430. The second kappa shape index (κ2) is 7.59. The molecule has 0 aliphatic carbocycles. The second-order valence-corrected chi connectivity index (χ2v) is 11.1. The van der Waals surface area contributed by atoms with Crippen LogP contribution in [-0.4, -0.2) is 9.55 Å². The van der Waals surface area contributed by atoms with Crippen LogP contribution in [0.3, 0.4) is 0 Å². The molecule has 0 fully saturated rings. The van der Waals surface area contributed by atoms with Gasteiger partial charge >= 0.3 is 0 Å². The van der Waals surface area contributed by atoms with Gasteiger partial charge < -0.3 is 0 Å². The number of nitrogens with zero attached hydrogens (tertiary/aromatic N) is 2. The molecule has 0 aliphatic rings. The summed E-state index contributed by atoms with van der Waals surface area (Å²) in [5.41, 5.74) is 7.24. The maximum absolute atomic E-state index is 5.16. The maximum Gasteiger partial charge on any atom is 0.145 e. The molecule has 0 saturated carbocycles. The van der Waals surface area contributed by atoms with Crippen molar-refractivity contribution in [3.05, 3.63) is 96.1 Å². The van der Waals surface area contributed by atoms with Crippen LogP contribution in [0.5, 0.6) is 0 Å². The van der Waals surface area contributed by atoms with E-state index in [0.29, 0.717) is 0 Å². The van der Waals surface area contributed by atoms with E-state index in [1.807, 2.05) is 0 Å². The van der Waals surface area contributed by atoms with E-state index in [-0.39, 0.29) is 10.8 Å². The summed E-state index contributed by atoms with van der Waals surface area (Å²) in [4.78, 5) is 5.16. The lowest BCUT2D eigenvalue weighted by Gasteiger charge is -2.27. The molecule has 4 aromatic carbocycles. The van der Waals surface area contributed by atoms with Crippen molar-refractivity contribution in [2.45, 2.75) is 52.4 Å². The van der Waals surface area contributed by atoms with Gasteiger partial charge in [-0.05, 0) is 45.5 Å². The van der Waals surface area contributed by atoms with E-state index in [1.54, 1.807) is 0 Å². The summed E-state index contributed by atoms with van der Waals surface area (Å²) < 4.78 is 2.37. The van der Waals surface area contributed by atoms with E-state index in [9.17, 15) is 0 Å². The fourth-order valence-electron chi connectivity index (χ4n) is 4.48. The minimum absolute atomic E-state index is 0.0430. The van der Waals surface area contributed by atoms with Gasteiger partial charge in [-0.15, -0.1) is 0 Å². The van der Waals surface area contributed by atoms with Gasteiger partial charge in [-0.25, -0.2) is 4.98 Å². The van der Waals surface area contributed by atoms with Crippen LogP contribution in [0.4, 0.5) is 0 Å². The molecular weight excluding hydrogens is 400 g/mol. The van der Waals surface area contributed by atoms with Gasteiger partial charge in [-0.1, -0.05) is 108 Å². The van der Waals surface area contributed by atoms with E-state index in [4.69, 9.17) is 4.98 Å². The monoisotopic (exact) mass is 432 g/mol. The Labute approximate surface area is 196 Å². The number of fused-ring (bicyclic) bond motifs is 3. The Morgan fingerprint density at radius 1 is 0.636 bits per heavy atom. The summed E-state index contributed by atoms with van der Waals surface area (Å²) in [6.07, 6.45) is 0. The highest BCUT2D eigenvalue weighted by molar-refractivity contribution is 6.06. The van der Waals surface area contributed by atoms with E-state index >= 15 is 0 Å². The third kappa shape index (κ3) is 3.84. The van der Waals surface area contributed by atoms with Gasteiger partial charge in [-0.2, -0.15) is 0 Å². The van der Waals surface area contributed by atoms with Crippen molar-refractivity contribution in [2.24, 2.45) is 0 Å². The molecule has 0 saturated heterocycles. The summed E-state index contributed by atoms with van der Waals surface area (Å²) in [6.45, 7) is 13.7. The normalized spacial score (nSPS) is 12.5. The zero-order valence-electron chi connectivity index (χ0n) is 20.5. The molecule has 0 spiro atoms. The van der Waals surface area contributed by atoms with Crippen molar-refractivity contribution in [3.8, 4) is 17.1 Å². The van der Waals surface area contributed by atoms with Gasteiger partial charge in [0.2, 0.25) is 0 Å². The van der Waals surface area contributed by atoms with Crippen LogP contribution in [-0.2, 0) is 10.8 Å². The summed E-state index contributed by atoms with van der Waals surface area (Å²) in [6, 6.07) is 30.6. The predicted molar refractivity (Wildman–Crippen MR) is 141 cm³/mol. The second-order valence-electron chi connectivity index (χ2n) is 11.1. The molecule has 1 aromatic heterocycles. The number of hydrogen-bond donors (Lipinski definition) is 0. The molecule has 2 nitrogen and oxygen atoms in total.